The summed E-state index contributed by atoms with van der Waals surface area (Å²) < 4.78 is 1.78. The summed E-state index contributed by atoms with van der Waals surface area (Å²) in [6.07, 6.45) is 4.01. The van der Waals surface area contributed by atoms with Crippen molar-refractivity contribution in [3.63, 3.8) is 0 Å². The zero-order valence-corrected chi connectivity index (χ0v) is 9.38. The Balaban J connectivity index is 2.67. The molecule has 0 N–H and O–H groups in total. The van der Waals surface area contributed by atoms with Crippen molar-refractivity contribution in [1.29, 1.82) is 0 Å². The number of hydrogen-bond donors (Lipinski definition) is 0. The molecule has 0 aliphatic carbocycles. The largest absolute Gasteiger partial charge is 0.315 e. The molecule has 13 heavy (non-hydrogen) atoms. The molecule has 2 nitrogen and oxygen atoms in total. The van der Waals surface area contributed by atoms with Crippen LogP contribution in [-0.2, 0) is 6.54 Å². The molecule has 0 amide bonds. The smallest absolute Gasteiger partial charge is 0.253 e. The minimum Gasteiger partial charge on any atom is -0.315 e. The predicted octanol–water partition coefficient (Wildman–Crippen LogP) is 2.33. The van der Waals surface area contributed by atoms with Crippen molar-refractivity contribution in [2.24, 2.45) is 0 Å². The fraction of sp³-hybridized carbons (Fsp3) is 0.500. The average Bonchev–Trinajstić information content (AvgIpc) is 2.13. The molecular formula is C10H14BrNO. The van der Waals surface area contributed by atoms with Gasteiger partial charge in [-0.1, -0.05) is 22.0 Å². The first-order chi connectivity index (χ1) is 6.25. The lowest BCUT2D eigenvalue weighted by molar-refractivity contribution is 0.614. The van der Waals surface area contributed by atoms with Crippen LogP contribution in [0, 0.1) is 6.92 Å². The van der Waals surface area contributed by atoms with Gasteiger partial charge in [0.25, 0.3) is 5.56 Å². The van der Waals surface area contributed by atoms with Gasteiger partial charge in [0.2, 0.25) is 0 Å². The molecule has 72 valence electrons. The van der Waals surface area contributed by atoms with Gasteiger partial charge < -0.3 is 4.57 Å². The summed E-state index contributed by atoms with van der Waals surface area (Å²) >= 11 is 3.37. The SMILES string of the molecule is Cc1cccn(CCCCBr)c1=O. The number of aryl methyl sites for hydroxylation is 2. The van der Waals surface area contributed by atoms with Crippen molar-refractivity contribution in [2.45, 2.75) is 26.3 Å². The molecule has 0 radical (unpaired) electrons. The van der Waals surface area contributed by atoms with Gasteiger partial charge in [-0.05, 0) is 25.8 Å². The van der Waals surface area contributed by atoms with Crippen LogP contribution < -0.4 is 5.56 Å². The second kappa shape index (κ2) is 5.22. The Hall–Kier alpha value is -0.570. The molecule has 0 aliphatic heterocycles. The molecule has 1 aromatic heterocycles. The summed E-state index contributed by atoms with van der Waals surface area (Å²) in [7, 11) is 0. The Bertz CT molecular complexity index is 319. The van der Waals surface area contributed by atoms with Crippen LogP contribution in [0.3, 0.4) is 0 Å². The molecular weight excluding hydrogens is 230 g/mol. The zero-order valence-electron chi connectivity index (χ0n) is 7.79. The molecule has 0 bridgehead atoms. The van der Waals surface area contributed by atoms with Crippen LogP contribution in [0.2, 0.25) is 0 Å². The maximum Gasteiger partial charge on any atom is 0.253 e. The van der Waals surface area contributed by atoms with Crippen molar-refractivity contribution in [3.8, 4) is 0 Å². The zero-order chi connectivity index (χ0) is 9.68. The van der Waals surface area contributed by atoms with Crippen LogP contribution in [0.25, 0.3) is 0 Å². The third-order valence-corrected chi connectivity index (χ3v) is 2.55. The molecule has 0 aromatic carbocycles. The number of aromatic nitrogens is 1. The minimum atomic E-state index is 0.136. The lowest BCUT2D eigenvalue weighted by atomic mass is 10.3. The number of pyridine rings is 1. The van der Waals surface area contributed by atoms with E-state index in [9.17, 15) is 4.79 Å². The van der Waals surface area contributed by atoms with E-state index in [0.29, 0.717) is 0 Å². The molecule has 3 heteroatoms. The maximum atomic E-state index is 11.5. The van der Waals surface area contributed by atoms with Gasteiger partial charge in [-0.2, -0.15) is 0 Å². The average molecular weight is 244 g/mol. The number of alkyl halides is 1. The highest BCUT2D eigenvalue weighted by Crippen LogP contribution is 1.97. The molecule has 1 aromatic rings. The first-order valence-corrected chi connectivity index (χ1v) is 5.60. The second-order valence-corrected chi connectivity index (χ2v) is 3.88. The van der Waals surface area contributed by atoms with Crippen molar-refractivity contribution < 1.29 is 0 Å². The molecule has 1 rings (SSSR count). The van der Waals surface area contributed by atoms with Crippen LogP contribution in [0.4, 0.5) is 0 Å². The number of halogens is 1. The summed E-state index contributed by atoms with van der Waals surface area (Å²) in [5, 5.41) is 1.01. The number of nitrogens with zero attached hydrogens (tertiary/aromatic N) is 1. The fourth-order valence-electron chi connectivity index (χ4n) is 1.21. The van der Waals surface area contributed by atoms with Crippen molar-refractivity contribution in [3.05, 3.63) is 34.2 Å². The Morgan fingerprint density at radius 2 is 2.23 bits per heavy atom. The summed E-state index contributed by atoms with van der Waals surface area (Å²) in [6.45, 7) is 2.68. The highest BCUT2D eigenvalue weighted by molar-refractivity contribution is 9.09. The topological polar surface area (TPSA) is 22.0 Å². The maximum absolute atomic E-state index is 11.5. The van der Waals surface area contributed by atoms with Crippen LogP contribution in [0.15, 0.2) is 23.1 Å². The number of unbranched alkanes of at least 4 members (excludes halogenated alkanes) is 1. The van der Waals surface area contributed by atoms with Crippen molar-refractivity contribution >= 4 is 15.9 Å². The van der Waals surface area contributed by atoms with Crippen LogP contribution in [0.1, 0.15) is 18.4 Å². The lowest BCUT2D eigenvalue weighted by Crippen LogP contribution is -2.21. The third kappa shape index (κ3) is 2.99. The quantitative estimate of drug-likeness (QED) is 0.588. The molecule has 0 saturated carbocycles. The van der Waals surface area contributed by atoms with E-state index in [4.69, 9.17) is 0 Å². The summed E-state index contributed by atoms with van der Waals surface area (Å²) in [4.78, 5) is 11.5. The third-order valence-electron chi connectivity index (χ3n) is 1.99. The van der Waals surface area contributed by atoms with E-state index in [1.807, 2.05) is 25.3 Å². The normalized spacial score (nSPS) is 10.3. The van der Waals surface area contributed by atoms with Crippen LogP contribution >= 0.6 is 15.9 Å². The van der Waals surface area contributed by atoms with E-state index in [2.05, 4.69) is 15.9 Å². The van der Waals surface area contributed by atoms with E-state index in [0.717, 1.165) is 30.3 Å². The molecule has 0 unspecified atom stereocenters. The standard InChI is InChI=1S/C10H14BrNO/c1-9-5-4-8-12(10(9)13)7-3-2-6-11/h4-5,8H,2-3,6-7H2,1H3. The fourth-order valence-corrected chi connectivity index (χ4v) is 1.61. The van der Waals surface area contributed by atoms with E-state index in [1.165, 1.54) is 0 Å². The molecule has 0 saturated heterocycles. The second-order valence-electron chi connectivity index (χ2n) is 3.09. The first kappa shape index (κ1) is 10.5. The Morgan fingerprint density at radius 1 is 1.46 bits per heavy atom. The van der Waals surface area contributed by atoms with Crippen LogP contribution in [0.5, 0.6) is 0 Å². The highest BCUT2D eigenvalue weighted by atomic mass is 79.9. The minimum absolute atomic E-state index is 0.136. The van der Waals surface area contributed by atoms with Gasteiger partial charge >= 0.3 is 0 Å². The predicted molar refractivity (Wildman–Crippen MR) is 58.5 cm³/mol. The molecule has 0 atom stereocenters. The van der Waals surface area contributed by atoms with Crippen molar-refractivity contribution in [2.75, 3.05) is 5.33 Å². The van der Waals surface area contributed by atoms with Gasteiger partial charge in [-0.3, -0.25) is 4.79 Å². The van der Waals surface area contributed by atoms with E-state index in [-0.39, 0.29) is 5.56 Å². The van der Waals surface area contributed by atoms with Gasteiger partial charge in [0.15, 0.2) is 0 Å². The molecule has 0 aliphatic rings. The van der Waals surface area contributed by atoms with Gasteiger partial charge in [0.1, 0.15) is 0 Å². The number of hydrogen-bond acceptors (Lipinski definition) is 1. The monoisotopic (exact) mass is 243 g/mol. The lowest BCUT2D eigenvalue weighted by Gasteiger charge is -2.04. The van der Waals surface area contributed by atoms with E-state index in [1.54, 1.807) is 4.57 Å². The van der Waals surface area contributed by atoms with E-state index >= 15 is 0 Å². The van der Waals surface area contributed by atoms with Gasteiger partial charge in [-0.25, -0.2) is 0 Å². The van der Waals surface area contributed by atoms with Crippen molar-refractivity contribution in [1.82, 2.24) is 4.57 Å². The van der Waals surface area contributed by atoms with Gasteiger partial charge in [0, 0.05) is 23.6 Å². The van der Waals surface area contributed by atoms with Crippen LogP contribution in [-0.4, -0.2) is 9.90 Å². The summed E-state index contributed by atoms with van der Waals surface area (Å²) in [5.74, 6) is 0. The van der Waals surface area contributed by atoms with Gasteiger partial charge in [0.05, 0.1) is 0 Å². The Labute approximate surface area is 86.7 Å². The van der Waals surface area contributed by atoms with Gasteiger partial charge in [-0.15, -0.1) is 0 Å². The Morgan fingerprint density at radius 3 is 2.92 bits per heavy atom. The number of rotatable bonds is 4. The first-order valence-electron chi connectivity index (χ1n) is 4.47. The van der Waals surface area contributed by atoms with E-state index < -0.39 is 0 Å². The molecule has 0 spiro atoms. The molecule has 1 heterocycles. The molecule has 0 fully saturated rings. The highest BCUT2D eigenvalue weighted by Gasteiger charge is 1.97. The Kier molecular flexibility index (Phi) is 4.22. The summed E-state index contributed by atoms with van der Waals surface area (Å²) in [5.41, 5.74) is 0.957. The summed E-state index contributed by atoms with van der Waals surface area (Å²) in [6, 6.07) is 3.77.